The van der Waals surface area contributed by atoms with E-state index in [1.807, 2.05) is 29.0 Å². The van der Waals surface area contributed by atoms with Crippen LogP contribution in [0.25, 0.3) is 0 Å². The molecule has 0 saturated carbocycles. The van der Waals surface area contributed by atoms with Crippen LogP contribution in [0.4, 0.5) is 0 Å². The van der Waals surface area contributed by atoms with Gasteiger partial charge in [-0.05, 0) is 60.5 Å². The lowest BCUT2D eigenvalue weighted by atomic mass is 10.1. The number of hydrogen-bond acceptors (Lipinski definition) is 7. The van der Waals surface area contributed by atoms with E-state index in [1.54, 1.807) is 7.11 Å². The zero-order chi connectivity index (χ0) is 24.7. The van der Waals surface area contributed by atoms with Gasteiger partial charge in [-0.1, -0.05) is 12.1 Å². The van der Waals surface area contributed by atoms with Crippen molar-refractivity contribution in [2.24, 2.45) is 0 Å². The van der Waals surface area contributed by atoms with E-state index in [0.717, 1.165) is 29.6 Å². The third-order valence-corrected chi connectivity index (χ3v) is 6.08. The average molecular weight is 484 g/mol. The zero-order valence-corrected chi connectivity index (χ0v) is 18.8. The van der Waals surface area contributed by atoms with Gasteiger partial charge in [-0.25, -0.2) is 22.9 Å². The summed E-state index contributed by atoms with van der Waals surface area (Å²) in [7, 11) is -2.65. The van der Waals surface area contributed by atoms with Crippen LogP contribution in [0, 0.1) is 0 Å². The number of aromatic carboxylic acids is 1. The number of ether oxygens (including phenoxy) is 1. The molecule has 0 aliphatic heterocycles. The van der Waals surface area contributed by atoms with Crippen LogP contribution in [-0.2, 0) is 16.4 Å². The first-order valence-electron chi connectivity index (χ1n) is 9.97. The lowest BCUT2D eigenvalue weighted by Crippen LogP contribution is -2.31. The summed E-state index contributed by atoms with van der Waals surface area (Å²) in [5.41, 5.74) is 0.839. The quantitative estimate of drug-likeness (QED) is 0.417. The minimum Gasteiger partial charge on any atom is -0.497 e. The zero-order valence-electron chi connectivity index (χ0n) is 18.0. The molecule has 10 nitrogen and oxygen atoms in total. The Balaban J connectivity index is 1.59. The molecule has 11 heteroatoms. The second kappa shape index (κ2) is 10.6. The van der Waals surface area contributed by atoms with Crippen LogP contribution in [0.3, 0.4) is 0 Å². The normalized spacial score (nSPS) is 10.9. The lowest BCUT2D eigenvalue weighted by Gasteiger charge is -2.09. The molecule has 2 aromatic carbocycles. The van der Waals surface area contributed by atoms with Crippen LogP contribution in [0.5, 0.6) is 5.75 Å². The van der Waals surface area contributed by atoms with Gasteiger partial charge in [0, 0.05) is 18.3 Å². The number of nitrogens with one attached hydrogen (secondary N) is 2. The first-order valence-corrected chi connectivity index (χ1v) is 11.5. The highest BCUT2D eigenvalue weighted by Gasteiger charge is 2.20. The standard InChI is InChI=1S/C23H21N3O7S/c1-33-18-4-2-3-15(13-18)11-12-24-21(27)16-5-8-19(9-6-16)34(31,32)26-22(28)17-7-10-20(23(29)30)25-14-17/h2-10,13-14H,11-12H2,1H3,(H,24,27)(H,26,28)(H,29,30). The van der Waals surface area contributed by atoms with E-state index in [4.69, 9.17) is 9.84 Å². The van der Waals surface area contributed by atoms with E-state index >= 15 is 0 Å². The third kappa shape index (κ3) is 6.17. The molecule has 176 valence electrons. The van der Waals surface area contributed by atoms with Crippen LogP contribution < -0.4 is 14.8 Å². The summed E-state index contributed by atoms with van der Waals surface area (Å²) in [6.07, 6.45) is 1.55. The predicted octanol–water partition coefficient (Wildman–Crippen LogP) is 1.88. The van der Waals surface area contributed by atoms with Crippen molar-refractivity contribution in [1.29, 1.82) is 0 Å². The first-order chi connectivity index (χ1) is 16.2. The number of rotatable bonds is 9. The van der Waals surface area contributed by atoms with Gasteiger partial charge in [-0.15, -0.1) is 0 Å². The van der Waals surface area contributed by atoms with E-state index in [1.165, 1.54) is 24.3 Å². The maximum absolute atomic E-state index is 12.5. The van der Waals surface area contributed by atoms with E-state index in [0.29, 0.717) is 13.0 Å². The van der Waals surface area contributed by atoms with Crippen molar-refractivity contribution in [3.05, 3.63) is 89.2 Å². The molecule has 0 radical (unpaired) electrons. The Morgan fingerprint density at radius 1 is 0.971 bits per heavy atom. The van der Waals surface area contributed by atoms with Crippen molar-refractivity contribution < 1.29 is 32.6 Å². The highest BCUT2D eigenvalue weighted by molar-refractivity contribution is 7.90. The SMILES string of the molecule is COc1cccc(CCNC(=O)c2ccc(S(=O)(=O)NC(=O)c3ccc(C(=O)O)nc3)cc2)c1. The maximum Gasteiger partial charge on any atom is 0.354 e. The number of benzene rings is 2. The minimum atomic E-state index is -4.22. The van der Waals surface area contributed by atoms with E-state index in [-0.39, 0.29) is 27.6 Å². The number of hydrogen-bond donors (Lipinski definition) is 3. The Labute approximate surface area is 195 Å². The van der Waals surface area contributed by atoms with Gasteiger partial charge in [-0.3, -0.25) is 9.59 Å². The van der Waals surface area contributed by atoms with Crippen molar-refractivity contribution in [2.45, 2.75) is 11.3 Å². The van der Waals surface area contributed by atoms with Gasteiger partial charge in [-0.2, -0.15) is 0 Å². The lowest BCUT2D eigenvalue weighted by molar-refractivity contribution is 0.0689. The number of nitrogens with zero attached hydrogens (tertiary/aromatic N) is 1. The van der Waals surface area contributed by atoms with Crippen molar-refractivity contribution in [3.63, 3.8) is 0 Å². The molecule has 3 aromatic rings. The van der Waals surface area contributed by atoms with Crippen molar-refractivity contribution in [1.82, 2.24) is 15.0 Å². The summed E-state index contributed by atoms with van der Waals surface area (Å²) in [5, 5.41) is 11.6. The minimum absolute atomic E-state index is 0.124. The molecule has 0 unspecified atom stereocenters. The summed E-state index contributed by atoms with van der Waals surface area (Å²) in [4.78, 5) is 38.8. The van der Waals surface area contributed by atoms with Crippen LogP contribution >= 0.6 is 0 Å². The Kier molecular flexibility index (Phi) is 7.59. The number of amides is 2. The second-order valence-corrected chi connectivity index (χ2v) is 8.74. The molecular formula is C23H21N3O7S. The number of carboxylic acid groups (broad SMARTS) is 1. The van der Waals surface area contributed by atoms with Gasteiger partial charge in [0.05, 0.1) is 17.6 Å². The molecule has 3 rings (SSSR count). The molecule has 0 bridgehead atoms. The smallest absolute Gasteiger partial charge is 0.354 e. The summed E-state index contributed by atoms with van der Waals surface area (Å²) < 4.78 is 32.0. The fourth-order valence-electron chi connectivity index (χ4n) is 2.93. The molecule has 0 spiro atoms. The maximum atomic E-state index is 12.5. The summed E-state index contributed by atoms with van der Waals surface area (Å²) in [6, 6.07) is 14.8. The summed E-state index contributed by atoms with van der Waals surface area (Å²) >= 11 is 0. The van der Waals surface area contributed by atoms with E-state index in [2.05, 4.69) is 10.3 Å². The van der Waals surface area contributed by atoms with Crippen molar-refractivity contribution >= 4 is 27.8 Å². The Morgan fingerprint density at radius 3 is 2.29 bits per heavy atom. The Bertz CT molecular complexity index is 1310. The number of carbonyl (C=O) groups is 3. The van der Waals surface area contributed by atoms with Gasteiger partial charge >= 0.3 is 5.97 Å². The van der Waals surface area contributed by atoms with Gasteiger partial charge in [0.2, 0.25) is 0 Å². The number of pyridine rings is 1. The number of sulfonamides is 1. The van der Waals surface area contributed by atoms with Gasteiger partial charge in [0.1, 0.15) is 11.4 Å². The monoisotopic (exact) mass is 483 g/mol. The topological polar surface area (TPSA) is 152 Å². The largest absolute Gasteiger partial charge is 0.497 e. The van der Waals surface area contributed by atoms with E-state index < -0.39 is 21.9 Å². The molecular weight excluding hydrogens is 462 g/mol. The van der Waals surface area contributed by atoms with Gasteiger partial charge in [0.15, 0.2) is 0 Å². The molecule has 0 aliphatic carbocycles. The average Bonchev–Trinajstić information content (AvgIpc) is 2.84. The van der Waals surface area contributed by atoms with Crippen LogP contribution in [0.2, 0.25) is 0 Å². The molecule has 0 atom stereocenters. The Hall–Kier alpha value is -4.25. The van der Waals surface area contributed by atoms with Crippen molar-refractivity contribution in [2.75, 3.05) is 13.7 Å². The van der Waals surface area contributed by atoms with Gasteiger partial charge < -0.3 is 15.2 Å². The van der Waals surface area contributed by atoms with Crippen LogP contribution in [-0.4, -0.2) is 49.9 Å². The summed E-state index contributed by atoms with van der Waals surface area (Å²) in [6.45, 7) is 0.372. The Morgan fingerprint density at radius 2 is 1.68 bits per heavy atom. The number of carboxylic acids is 1. The molecule has 2 amide bonds. The number of aromatic nitrogens is 1. The van der Waals surface area contributed by atoms with Gasteiger partial charge in [0.25, 0.3) is 21.8 Å². The fourth-order valence-corrected chi connectivity index (χ4v) is 3.90. The van der Waals surface area contributed by atoms with Crippen LogP contribution in [0.1, 0.15) is 36.8 Å². The van der Waals surface area contributed by atoms with E-state index in [9.17, 15) is 22.8 Å². The van der Waals surface area contributed by atoms with Crippen LogP contribution in [0.15, 0.2) is 71.8 Å². The molecule has 1 aromatic heterocycles. The molecule has 0 saturated heterocycles. The molecule has 3 N–H and O–H groups in total. The molecule has 1 heterocycles. The third-order valence-electron chi connectivity index (χ3n) is 4.73. The second-order valence-electron chi connectivity index (χ2n) is 7.05. The molecule has 34 heavy (non-hydrogen) atoms. The fraction of sp³-hybridized carbons (Fsp3) is 0.130. The molecule has 0 fully saturated rings. The first kappa shape index (κ1) is 24.4. The summed E-state index contributed by atoms with van der Waals surface area (Å²) in [5.74, 6) is -1.89. The number of methoxy groups -OCH3 is 1. The number of carbonyl (C=O) groups excluding carboxylic acids is 2. The predicted molar refractivity (Wildman–Crippen MR) is 121 cm³/mol. The highest BCUT2D eigenvalue weighted by Crippen LogP contribution is 2.14. The van der Waals surface area contributed by atoms with Crippen molar-refractivity contribution in [3.8, 4) is 5.75 Å². The highest BCUT2D eigenvalue weighted by atomic mass is 32.2. The molecule has 0 aliphatic rings.